The van der Waals surface area contributed by atoms with Crippen molar-refractivity contribution in [1.82, 2.24) is 4.90 Å². The Morgan fingerprint density at radius 3 is 2.50 bits per heavy atom. The normalized spacial score (nSPS) is 22.1. The van der Waals surface area contributed by atoms with Crippen LogP contribution < -0.4 is 5.73 Å². The molecule has 0 aromatic rings. The van der Waals surface area contributed by atoms with E-state index in [1.807, 2.05) is 0 Å². The van der Waals surface area contributed by atoms with E-state index in [1.165, 1.54) is 25.7 Å². The van der Waals surface area contributed by atoms with Gasteiger partial charge in [-0.1, -0.05) is 13.3 Å². The molecule has 0 aromatic carbocycles. The van der Waals surface area contributed by atoms with Crippen LogP contribution in [0.1, 0.15) is 39.5 Å². The van der Waals surface area contributed by atoms with Gasteiger partial charge in [-0.25, -0.2) is 0 Å². The van der Waals surface area contributed by atoms with Gasteiger partial charge in [0.15, 0.2) is 0 Å². The molecule has 0 amide bonds. The molecule has 2 atom stereocenters. The van der Waals surface area contributed by atoms with Gasteiger partial charge in [-0.2, -0.15) is 0 Å². The first-order valence-corrected chi connectivity index (χ1v) is 6.54. The van der Waals surface area contributed by atoms with Crippen molar-refractivity contribution < 1.29 is 4.74 Å². The summed E-state index contributed by atoms with van der Waals surface area (Å²) in [7, 11) is 4.00. The number of hydrogen-bond donors (Lipinski definition) is 1. The van der Waals surface area contributed by atoms with Crippen molar-refractivity contribution in [3.05, 3.63) is 0 Å². The van der Waals surface area contributed by atoms with E-state index < -0.39 is 0 Å². The molecule has 1 aliphatic carbocycles. The first kappa shape index (κ1) is 13.9. The summed E-state index contributed by atoms with van der Waals surface area (Å²) in [5.41, 5.74) is 6.12. The summed E-state index contributed by atoms with van der Waals surface area (Å²) < 4.78 is 5.43. The Kier molecular flexibility index (Phi) is 5.22. The average molecular weight is 228 g/mol. The van der Waals surface area contributed by atoms with Gasteiger partial charge in [-0.3, -0.25) is 4.90 Å². The molecule has 2 N–H and O–H groups in total. The standard InChI is InChI=1S/C13H28N2O/c1-5-6-11(2)15(3)13(9-14,10-16-4)12-7-8-12/h11-12H,5-10,14H2,1-4H3. The molecule has 0 heterocycles. The lowest BCUT2D eigenvalue weighted by atomic mass is 9.90. The first-order valence-electron chi connectivity index (χ1n) is 6.54. The number of methoxy groups -OCH3 is 1. The van der Waals surface area contributed by atoms with Crippen molar-refractivity contribution in [2.45, 2.75) is 51.1 Å². The fourth-order valence-electron chi connectivity index (χ4n) is 2.80. The highest BCUT2D eigenvalue weighted by molar-refractivity contribution is 5.03. The maximum absolute atomic E-state index is 6.05. The molecule has 0 radical (unpaired) electrons. The van der Waals surface area contributed by atoms with Gasteiger partial charge < -0.3 is 10.5 Å². The summed E-state index contributed by atoms with van der Waals surface area (Å²) in [6.45, 7) is 6.00. The van der Waals surface area contributed by atoms with E-state index in [2.05, 4.69) is 25.8 Å². The number of nitrogens with zero attached hydrogens (tertiary/aromatic N) is 1. The van der Waals surface area contributed by atoms with Crippen LogP contribution in [0.15, 0.2) is 0 Å². The second-order valence-electron chi connectivity index (χ2n) is 5.26. The van der Waals surface area contributed by atoms with Crippen molar-refractivity contribution in [1.29, 1.82) is 0 Å². The van der Waals surface area contributed by atoms with Crippen molar-refractivity contribution in [2.24, 2.45) is 11.7 Å². The summed E-state index contributed by atoms with van der Waals surface area (Å²) in [5.74, 6) is 0.738. The molecule has 0 saturated heterocycles. The molecule has 96 valence electrons. The third-order valence-corrected chi connectivity index (χ3v) is 4.16. The summed E-state index contributed by atoms with van der Waals surface area (Å²) in [6.07, 6.45) is 5.08. The first-order chi connectivity index (χ1) is 7.62. The zero-order valence-electron chi connectivity index (χ0n) is 11.3. The molecule has 3 nitrogen and oxygen atoms in total. The minimum atomic E-state index is 0.0728. The third-order valence-electron chi connectivity index (χ3n) is 4.16. The summed E-state index contributed by atoms with van der Waals surface area (Å²) in [5, 5.41) is 0. The average Bonchev–Trinajstić information content (AvgIpc) is 3.09. The van der Waals surface area contributed by atoms with Crippen LogP contribution in [0.2, 0.25) is 0 Å². The van der Waals surface area contributed by atoms with Gasteiger partial charge in [0.2, 0.25) is 0 Å². The minimum Gasteiger partial charge on any atom is -0.383 e. The fraction of sp³-hybridized carbons (Fsp3) is 1.00. The van der Waals surface area contributed by atoms with Crippen LogP contribution >= 0.6 is 0 Å². The van der Waals surface area contributed by atoms with E-state index in [1.54, 1.807) is 7.11 Å². The van der Waals surface area contributed by atoms with Gasteiger partial charge in [-0.15, -0.1) is 0 Å². The van der Waals surface area contributed by atoms with Gasteiger partial charge in [-0.05, 0) is 39.2 Å². The topological polar surface area (TPSA) is 38.5 Å². The van der Waals surface area contributed by atoms with Crippen LogP contribution in [0, 0.1) is 5.92 Å². The van der Waals surface area contributed by atoms with E-state index in [0.29, 0.717) is 12.6 Å². The zero-order valence-corrected chi connectivity index (χ0v) is 11.3. The number of nitrogens with two attached hydrogens (primary N) is 1. The molecule has 1 saturated carbocycles. The van der Waals surface area contributed by atoms with Gasteiger partial charge in [0.25, 0.3) is 0 Å². The van der Waals surface area contributed by atoms with E-state index >= 15 is 0 Å². The Hall–Kier alpha value is -0.120. The monoisotopic (exact) mass is 228 g/mol. The summed E-state index contributed by atoms with van der Waals surface area (Å²) in [6, 6.07) is 0.587. The molecule has 16 heavy (non-hydrogen) atoms. The lowest BCUT2D eigenvalue weighted by Crippen LogP contribution is -2.59. The molecule has 0 aliphatic heterocycles. The lowest BCUT2D eigenvalue weighted by Gasteiger charge is -2.44. The highest BCUT2D eigenvalue weighted by atomic mass is 16.5. The number of likely N-dealkylation sites (N-methyl/N-ethyl adjacent to an activating group) is 1. The highest BCUT2D eigenvalue weighted by Gasteiger charge is 2.48. The van der Waals surface area contributed by atoms with Crippen LogP contribution in [0.25, 0.3) is 0 Å². The number of hydrogen-bond acceptors (Lipinski definition) is 3. The zero-order chi connectivity index (χ0) is 12.2. The maximum atomic E-state index is 6.05. The molecule has 0 spiro atoms. The third kappa shape index (κ3) is 2.76. The molecule has 1 aliphatic rings. The smallest absolute Gasteiger partial charge is 0.0661 e. The maximum Gasteiger partial charge on any atom is 0.0661 e. The summed E-state index contributed by atoms with van der Waals surface area (Å²) >= 11 is 0. The predicted molar refractivity (Wildman–Crippen MR) is 68.5 cm³/mol. The minimum absolute atomic E-state index is 0.0728. The van der Waals surface area contributed by atoms with Crippen molar-refractivity contribution in [3.8, 4) is 0 Å². The Morgan fingerprint density at radius 2 is 2.12 bits per heavy atom. The van der Waals surface area contributed by atoms with Crippen LogP contribution in [-0.2, 0) is 4.74 Å². The van der Waals surface area contributed by atoms with Crippen LogP contribution in [0.3, 0.4) is 0 Å². The Bertz CT molecular complexity index is 206. The Balaban J connectivity index is 2.73. The van der Waals surface area contributed by atoms with E-state index in [4.69, 9.17) is 10.5 Å². The number of rotatable bonds is 8. The molecule has 0 bridgehead atoms. The van der Waals surface area contributed by atoms with Gasteiger partial charge in [0.05, 0.1) is 12.1 Å². The highest BCUT2D eigenvalue weighted by Crippen LogP contribution is 2.43. The SMILES string of the molecule is CCCC(C)N(C)C(CN)(COC)C1CC1. The fourth-order valence-corrected chi connectivity index (χ4v) is 2.80. The molecular weight excluding hydrogens is 200 g/mol. The molecule has 1 rings (SSSR count). The van der Waals surface area contributed by atoms with E-state index in [0.717, 1.165) is 12.5 Å². The van der Waals surface area contributed by atoms with E-state index in [9.17, 15) is 0 Å². The second-order valence-corrected chi connectivity index (χ2v) is 5.26. The predicted octanol–water partition coefficient (Wildman–Crippen LogP) is 1.86. The second kappa shape index (κ2) is 5.99. The van der Waals surface area contributed by atoms with Gasteiger partial charge in [0, 0.05) is 19.7 Å². The van der Waals surface area contributed by atoms with Crippen molar-refractivity contribution in [3.63, 3.8) is 0 Å². The Labute approximate surface area is 100 Å². The summed E-state index contributed by atoms with van der Waals surface area (Å²) in [4.78, 5) is 2.47. The molecule has 3 heteroatoms. The van der Waals surface area contributed by atoms with Crippen molar-refractivity contribution >= 4 is 0 Å². The number of ether oxygens (including phenoxy) is 1. The quantitative estimate of drug-likeness (QED) is 0.689. The van der Waals surface area contributed by atoms with Gasteiger partial charge in [0.1, 0.15) is 0 Å². The molecular formula is C13H28N2O. The molecule has 2 unspecified atom stereocenters. The Morgan fingerprint density at radius 1 is 1.50 bits per heavy atom. The molecule has 1 fully saturated rings. The van der Waals surface area contributed by atoms with Crippen LogP contribution in [0.4, 0.5) is 0 Å². The van der Waals surface area contributed by atoms with E-state index in [-0.39, 0.29) is 5.54 Å². The van der Waals surface area contributed by atoms with Crippen LogP contribution in [0.5, 0.6) is 0 Å². The molecule has 0 aromatic heterocycles. The lowest BCUT2D eigenvalue weighted by molar-refractivity contribution is -0.00750. The largest absolute Gasteiger partial charge is 0.383 e. The van der Waals surface area contributed by atoms with Gasteiger partial charge >= 0.3 is 0 Å². The van der Waals surface area contributed by atoms with Crippen molar-refractivity contribution in [2.75, 3.05) is 27.3 Å². The van der Waals surface area contributed by atoms with Crippen LogP contribution in [-0.4, -0.2) is 43.8 Å².